The maximum atomic E-state index is 12.7. The Morgan fingerprint density at radius 1 is 1.12 bits per heavy atom. The van der Waals surface area contributed by atoms with Gasteiger partial charge >= 0.3 is 5.51 Å². The number of benzene rings is 2. The van der Waals surface area contributed by atoms with Crippen molar-refractivity contribution in [3.05, 3.63) is 65.7 Å². The van der Waals surface area contributed by atoms with Crippen LogP contribution in [-0.2, 0) is 29.9 Å². The monoisotopic (exact) mass is 466 g/mol. The van der Waals surface area contributed by atoms with Gasteiger partial charge in [0, 0.05) is 13.3 Å². The van der Waals surface area contributed by atoms with Crippen LogP contribution < -0.4 is 10.3 Å². The minimum Gasteiger partial charge on any atom is -0.397 e. The molecule has 2 aromatic carbocycles. The summed E-state index contributed by atoms with van der Waals surface area (Å²) in [5.74, 6) is 1.33. The highest BCUT2D eigenvalue weighted by Crippen LogP contribution is 2.43. The predicted octanol–water partition coefficient (Wildman–Crippen LogP) is 4.55. The average molecular weight is 467 g/mol. The predicted molar refractivity (Wildman–Crippen MR) is 118 cm³/mol. The maximum absolute atomic E-state index is 12.7. The molecule has 0 saturated carbocycles. The highest BCUT2D eigenvalue weighted by atomic mass is 32.2. The van der Waals surface area contributed by atoms with E-state index in [1.165, 1.54) is 24.7 Å². The molecule has 5 nitrogen and oxygen atoms in total. The Balaban J connectivity index is 0.000000222. The molecular weight excluding hydrogens is 439 g/mol. The summed E-state index contributed by atoms with van der Waals surface area (Å²) in [6.07, 6.45) is 7.12. The Morgan fingerprint density at radius 2 is 1.81 bits per heavy atom. The molecule has 0 atom stereocenters. The van der Waals surface area contributed by atoms with E-state index >= 15 is 0 Å². The minimum absolute atomic E-state index is 0.318. The molecule has 0 spiro atoms. The fraction of sp³-hybridized carbons (Fsp3) is 0.348. The highest BCUT2D eigenvalue weighted by molar-refractivity contribution is 7.92. The third kappa shape index (κ3) is 4.39. The van der Waals surface area contributed by atoms with Gasteiger partial charge < -0.3 is 5.73 Å². The van der Waals surface area contributed by atoms with Gasteiger partial charge in [-0.05, 0) is 34.7 Å². The Kier molecular flexibility index (Phi) is 6.69. The minimum atomic E-state index is -5.44. The van der Waals surface area contributed by atoms with Crippen LogP contribution in [0, 0.1) is 6.92 Å². The number of aryl methyl sites for hydroxylation is 2. The van der Waals surface area contributed by atoms with Crippen LogP contribution in [0.15, 0.2) is 53.7 Å². The van der Waals surface area contributed by atoms with E-state index < -0.39 is 20.2 Å². The molecule has 3 aromatic rings. The zero-order valence-electron chi connectivity index (χ0n) is 18.3. The van der Waals surface area contributed by atoms with E-state index in [9.17, 15) is 21.6 Å². The molecule has 9 heteroatoms. The first-order chi connectivity index (χ1) is 15.0. The van der Waals surface area contributed by atoms with Crippen molar-refractivity contribution < 1.29 is 26.2 Å². The van der Waals surface area contributed by atoms with Gasteiger partial charge in [-0.25, -0.2) is 17.6 Å². The molecule has 172 valence electrons. The number of nitrogens with two attached hydrogens (primary N) is 1. The Morgan fingerprint density at radius 3 is 2.41 bits per heavy atom. The molecule has 1 aliphatic carbocycles. The fourth-order valence-electron chi connectivity index (χ4n) is 3.74. The normalized spacial score (nSPS) is 12.7. The van der Waals surface area contributed by atoms with Gasteiger partial charge in [0.25, 0.3) is 15.7 Å². The fourth-order valence-corrected chi connectivity index (χ4v) is 4.65. The number of hydrogen-bond donors (Lipinski definition) is 1. The van der Waals surface area contributed by atoms with E-state index in [1.807, 2.05) is 24.3 Å². The van der Waals surface area contributed by atoms with Gasteiger partial charge in [0.05, 0.1) is 24.2 Å². The summed E-state index contributed by atoms with van der Waals surface area (Å²) in [7, 11) is -3.36. The second-order valence-corrected chi connectivity index (χ2v) is 9.70. The lowest BCUT2D eigenvalue weighted by molar-refractivity contribution is -0.677. The van der Waals surface area contributed by atoms with Gasteiger partial charge in [0.2, 0.25) is 0 Å². The molecular formula is C23H27F3N3O2S+. The number of rotatable bonds is 4. The largest absolute Gasteiger partial charge is 0.501 e. The summed E-state index contributed by atoms with van der Waals surface area (Å²) in [6, 6.07) is 9.61. The first-order valence-electron chi connectivity index (χ1n) is 10.3. The van der Waals surface area contributed by atoms with Crippen molar-refractivity contribution in [3.63, 3.8) is 0 Å². The third-order valence-electron chi connectivity index (χ3n) is 5.73. The van der Waals surface area contributed by atoms with Crippen LogP contribution in [0.5, 0.6) is 0 Å². The SMILES string of the molecule is CCCCn1cc[n+](C)c1C.Nc1c(S(=O)(=O)C(F)(F)F)ccc2c1Cc1ccccc1-2. The van der Waals surface area contributed by atoms with E-state index in [-0.39, 0.29) is 5.69 Å². The second kappa shape index (κ2) is 8.97. The number of unbranched alkanes of at least 4 members (excludes halogenated alkanes) is 1. The smallest absolute Gasteiger partial charge is 0.397 e. The third-order valence-corrected chi connectivity index (χ3v) is 7.28. The number of aromatic nitrogens is 2. The average Bonchev–Trinajstić information content (AvgIpc) is 3.27. The zero-order chi connectivity index (χ0) is 23.7. The topological polar surface area (TPSA) is 69.0 Å². The molecule has 32 heavy (non-hydrogen) atoms. The molecule has 0 unspecified atom stereocenters. The molecule has 1 aromatic heterocycles. The number of alkyl halides is 3. The van der Waals surface area contributed by atoms with Crippen LogP contribution >= 0.6 is 0 Å². The number of sulfone groups is 1. The summed E-state index contributed by atoms with van der Waals surface area (Å²) in [5.41, 5.74) is 2.94. The van der Waals surface area contributed by atoms with Crippen LogP contribution in [-0.4, -0.2) is 18.5 Å². The summed E-state index contributed by atoms with van der Waals surface area (Å²) in [4.78, 5) is -0.874. The van der Waals surface area contributed by atoms with Crippen LogP contribution in [0.3, 0.4) is 0 Å². The lowest BCUT2D eigenvalue weighted by Crippen LogP contribution is -2.29. The van der Waals surface area contributed by atoms with Crippen LogP contribution in [0.25, 0.3) is 11.1 Å². The van der Waals surface area contributed by atoms with Crippen molar-refractivity contribution in [3.8, 4) is 11.1 Å². The van der Waals surface area contributed by atoms with Crippen LogP contribution in [0.2, 0.25) is 0 Å². The maximum Gasteiger partial charge on any atom is 0.501 e. The van der Waals surface area contributed by atoms with Crippen molar-refractivity contribution in [2.75, 3.05) is 5.73 Å². The Bertz CT molecular complexity index is 1230. The second-order valence-electron chi connectivity index (χ2n) is 7.79. The number of imidazole rings is 1. The lowest BCUT2D eigenvalue weighted by atomic mass is 10.1. The van der Waals surface area contributed by atoms with Crippen molar-refractivity contribution in [1.82, 2.24) is 4.57 Å². The number of hydrogen-bond acceptors (Lipinski definition) is 3. The van der Waals surface area contributed by atoms with Gasteiger partial charge in [0.1, 0.15) is 12.4 Å². The molecule has 0 amide bonds. The summed E-state index contributed by atoms with van der Waals surface area (Å²) in [6.45, 7) is 5.53. The van der Waals surface area contributed by atoms with Crippen molar-refractivity contribution in [2.24, 2.45) is 7.05 Å². The summed E-state index contributed by atoms with van der Waals surface area (Å²) >= 11 is 0. The molecule has 0 saturated heterocycles. The lowest BCUT2D eigenvalue weighted by Gasteiger charge is -2.13. The van der Waals surface area contributed by atoms with Gasteiger partial charge in [-0.15, -0.1) is 0 Å². The first-order valence-corrected chi connectivity index (χ1v) is 11.8. The van der Waals surface area contributed by atoms with Gasteiger partial charge in [-0.2, -0.15) is 13.2 Å². The molecule has 0 fully saturated rings. The number of fused-ring (bicyclic) bond motifs is 3. The number of halogens is 3. The van der Waals surface area contributed by atoms with Crippen molar-refractivity contribution >= 4 is 15.5 Å². The summed E-state index contributed by atoms with van der Waals surface area (Å²) in [5, 5.41) is 0. The first kappa shape index (κ1) is 23.8. The number of anilines is 1. The van der Waals surface area contributed by atoms with Gasteiger partial charge in [0.15, 0.2) is 0 Å². The highest BCUT2D eigenvalue weighted by Gasteiger charge is 2.48. The van der Waals surface area contributed by atoms with E-state index in [0.29, 0.717) is 17.5 Å². The standard InChI is InChI=1S/C14H10F3NO2S.C9H17N2/c15-14(16,17)21(19,20)12-6-5-10-9-4-2-1-3-8(9)7-11(10)13(12)18;1-4-5-6-11-8-7-10(3)9(11)2/h1-6H,7,18H2;7-8H,4-6H2,1-3H3/q;+1. The van der Waals surface area contributed by atoms with E-state index in [4.69, 9.17) is 5.73 Å². The number of nitrogens with zero attached hydrogens (tertiary/aromatic N) is 2. The molecule has 0 radical (unpaired) electrons. The number of nitrogen functional groups attached to an aromatic ring is 1. The molecule has 4 rings (SSSR count). The molecule has 1 heterocycles. The van der Waals surface area contributed by atoms with Crippen LogP contribution in [0.4, 0.5) is 18.9 Å². The molecule has 2 N–H and O–H groups in total. The van der Waals surface area contributed by atoms with Crippen molar-refractivity contribution in [1.29, 1.82) is 0 Å². The van der Waals surface area contributed by atoms with E-state index in [1.54, 1.807) is 0 Å². The Hall–Kier alpha value is -2.81. The molecule has 0 aliphatic heterocycles. The Labute approximate surface area is 186 Å². The molecule has 0 bridgehead atoms. The van der Waals surface area contributed by atoms with E-state index in [2.05, 4.69) is 42.4 Å². The summed E-state index contributed by atoms with van der Waals surface area (Å²) < 4.78 is 65.5. The van der Waals surface area contributed by atoms with Crippen LogP contribution in [0.1, 0.15) is 36.7 Å². The quantitative estimate of drug-likeness (QED) is 0.354. The van der Waals surface area contributed by atoms with E-state index in [0.717, 1.165) is 23.7 Å². The van der Waals surface area contributed by atoms with Gasteiger partial charge in [-0.3, -0.25) is 0 Å². The zero-order valence-corrected chi connectivity index (χ0v) is 19.1. The van der Waals surface area contributed by atoms with Crippen molar-refractivity contribution in [2.45, 2.75) is 50.1 Å². The van der Waals surface area contributed by atoms with Gasteiger partial charge in [-0.1, -0.05) is 43.7 Å². The molecule has 1 aliphatic rings.